The average Bonchev–Trinajstić information content (AvgIpc) is 3.65. The van der Waals surface area contributed by atoms with Gasteiger partial charge in [0.1, 0.15) is 30.2 Å². The van der Waals surface area contributed by atoms with Crippen LogP contribution in [-0.4, -0.2) is 167 Å². The van der Waals surface area contributed by atoms with E-state index in [2.05, 4.69) is 41.9 Å². The van der Waals surface area contributed by atoms with Crippen molar-refractivity contribution in [2.75, 3.05) is 39.3 Å². The van der Waals surface area contributed by atoms with Crippen molar-refractivity contribution in [2.45, 2.75) is 94.2 Å². The Bertz CT molecular complexity index is 1570. The highest BCUT2D eigenvalue weighted by Gasteiger charge is 2.40. The van der Waals surface area contributed by atoms with Crippen molar-refractivity contribution in [3.05, 3.63) is 0 Å². The lowest BCUT2D eigenvalue weighted by atomic mass is 10.1. The van der Waals surface area contributed by atoms with E-state index < -0.39 is 122 Å². The fraction of sp³-hybridized carbons (Fsp3) is 0.656. The molecular weight excluding hydrogens is 786 g/mol. The molecule has 21 N–H and O–H groups in total. The van der Waals surface area contributed by atoms with Crippen LogP contribution in [0.2, 0.25) is 0 Å². The summed E-state index contributed by atoms with van der Waals surface area (Å²) in [5.41, 5.74) is 31.7. The van der Waals surface area contributed by atoms with Gasteiger partial charge in [-0.15, -0.1) is 0 Å². The maximum absolute atomic E-state index is 13.7. The Morgan fingerprint density at radius 1 is 0.746 bits per heavy atom. The number of carbonyl (C=O) groups is 9. The number of hydrogen-bond donors (Lipinski definition) is 15. The van der Waals surface area contributed by atoms with E-state index in [9.17, 15) is 58.5 Å². The number of likely N-dealkylation sites (tertiary alicyclic amines) is 1. The van der Waals surface area contributed by atoms with Gasteiger partial charge in [0.15, 0.2) is 11.9 Å². The zero-order valence-corrected chi connectivity index (χ0v) is 32.6. The van der Waals surface area contributed by atoms with Crippen LogP contribution in [0.5, 0.6) is 0 Å². The lowest BCUT2D eigenvalue weighted by molar-refractivity contribution is -0.144. The molecular formula is C32H57N15O12. The highest BCUT2D eigenvalue weighted by atomic mass is 16.4. The molecule has 8 amide bonds. The number of aliphatic carboxylic acids is 1. The van der Waals surface area contributed by atoms with Crippen LogP contribution in [0, 0.1) is 0 Å². The molecule has 59 heavy (non-hydrogen) atoms. The molecule has 27 nitrogen and oxygen atoms in total. The van der Waals surface area contributed by atoms with Crippen LogP contribution in [0.1, 0.15) is 51.9 Å². The highest BCUT2D eigenvalue weighted by molar-refractivity contribution is 5.97. The zero-order valence-electron chi connectivity index (χ0n) is 32.6. The maximum Gasteiger partial charge on any atom is 0.326 e. The first-order valence-corrected chi connectivity index (χ1v) is 18.4. The van der Waals surface area contributed by atoms with Gasteiger partial charge in [0.05, 0.1) is 38.3 Å². The Kier molecular flexibility index (Phi) is 22.2. The SMILES string of the molecule is C[C@@H](O)[C@H](NC(=O)[C@H](CCCN=C(N)N)NC(=O)CNC(=O)[C@@H](N)CC(N)=O)C(=O)N1CCC[C@H]1C(=O)NCC(=O)N[C@@H](CO)C(=O)N[C@@H](CCCN=C(N)N)C(=O)O. The number of carbonyl (C=O) groups excluding carboxylic acids is 8. The maximum atomic E-state index is 13.7. The van der Waals surface area contributed by atoms with Gasteiger partial charge in [-0.3, -0.25) is 48.3 Å². The first-order valence-electron chi connectivity index (χ1n) is 18.4. The Morgan fingerprint density at radius 3 is 1.78 bits per heavy atom. The molecule has 1 heterocycles. The smallest absolute Gasteiger partial charge is 0.326 e. The van der Waals surface area contributed by atoms with E-state index in [1.807, 2.05) is 0 Å². The Morgan fingerprint density at radius 2 is 1.27 bits per heavy atom. The average molecular weight is 844 g/mol. The topological polar surface area (TPSA) is 471 Å². The van der Waals surface area contributed by atoms with Gasteiger partial charge < -0.3 is 86.5 Å². The molecule has 0 aromatic heterocycles. The summed E-state index contributed by atoms with van der Waals surface area (Å²) in [4.78, 5) is 122. The largest absolute Gasteiger partial charge is 0.480 e. The number of aliphatic hydroxyl groups is 2. The first-order chi connectivity index (χ1) is 27.7. The first kappa shape index (κ1) is 50.7. The standard InChI is InChI=1S/C32H57N15O12/c1-15(49)24(46-26(54)17(5-2-8-39-31(35)36)43-22(51)12-41-25(53)16(33)11-21(34)50)29(57)47-10-4-7-20(47)28(56)42-13-23(52)44-19(14-48)27(55)45-18(30(58)59)6-3-9-40-32(37)38/h15-20,24,48-49H,2-14,33H2,1H3,(H2,34,50)(H,41,53)(H,42,56)(H,43,51)(H,44,52)(H,45,55)(H,46,54)(H,58,59)(H4,35,36,39)(H4,37,38,40)/t15-,16+,17+,18+,19+,20+,24+/m1/s1. The minimum Gasteiger partial charge on any atom is -0.480 e. The van der Waals surface area contributed by atoms with Crippen LogP contribution in [-0.2, 0) is 43.2 Å². The summed E-state index contributed by atoms with van der Waals surface area (Å²) in [5.74, 6) is -8.98. The van der Waals surface area contributed by atoms with Crippen LogP contribution in [0.3, 0.4) is 0 Å². The van der Waals surface area contributed by atoms with Crippen molar-refractivity contribution in [1.29, 1.82) is 0 Å². The van der Waals surface area contributed by atoms with Gasteiger partial charge in [-0.1, -0.05) is 0 Å². The van der Waals surface area contributed by atoms with Crippen molar-refractivity contribution in [3.8, 4) is 0 Å². The third-order valence-electron chi connectivity index (χ3n) is 8.48. The quantitative estimate of drug-likeness (QED) is 0.0218. The second kappa shape index (κ2) is 25.8. The van der Waals surface area contributed by atoms with Crippen LogP contribution in [0.25, 0.3) is 0 Å². The predicted octanol–water partition coefficient (Wildman–Crippen LogP) is -9.08. The molecule has 1 rings (SSSR count). The molecule has 27 heteroatoms. The van der Waals surface area contributed by atoms with E-state index in [1.165, 1.54) is 6.92 Å². The van der Waals surface area contributed by atoms with Gasteiger partial charge in [-0.25, -0.2) is 4.79 Å². The number of carboxylic acids is 1. The Labute approximate surface area is 338 Å². The number of aliphatic hydroxyl groups excluding tert-OH is 2. The molecule has 0 radical (unpaired) electrons. The summed E-state index contributed by atoms with van der Waals surface area (Å²) in [6.45, 7) is -0.955. The monoisotopic (exact) mass is 843 g/mol. The van der Waals surface area contributed by atoms with E-state index in [-0.39, 0.29) is 63.7 Å². The zero-order chi connectivity index (χ0) is 44.8. The van der Waals surface area contributed by atoms with Crippen LogP contribution < -0.4 is 66.3 Å². The van der Waals surface area contributed by atoms with Gasteiger partial charge >= 0.3 is 5.97 Å². The highest BCUT2D eigenvalue weighted by Crippen LogP contribution is 2.19. The van der Waals surface area contributed by atoms with E-state index in [1.54, 1.807) is 0 Å². The van der Waals surface area contributed by atoms with Crippen LogP contribution in [0.15, 0.2) is 9.98 Å². The second-order valence-electron chi connectivity index (χ2n) is 13.3. The summed E-state index contributed by atoms with van der Waals surface area (Å²) in [5, 5.41) is 43.4. The lowest BCUT2D eigenvalue weighted by Gasteiger charge is -2.31. The minimum atomic E-state index is -1.63. The third-order valence-corrected chi connectivity index (χ3v) is 8.48. The van der Waals surface area contributed by atoms with E-state index in [0.717, 1.165) is 4.90 Å². The van der Waals surface area contributed by atoms with Gasteiger partial charge in [0.25, 0.3) is 0 Å². The number of hydrogen-bond acceptors (Lipinski definition) is 14. The van der Waals surface area contributed by atoms with E-state index >= 15 is 0 Å². The summed E-state index contributed by atoms with van der Waals surface area (Å²) in [7, 11) is 0. The number of carboxylic acid groups (broad SMARTS) is 1. The van der Waals surface area contributed by atoms with E-state index in [4.69, 9.17) is 34.4 Å². The Hall–Kier alpha value is -6.35. The van der Waals surface area contributed by atoms with E-state index in [0.29, 0.717) is 6.42 Å². The molecule has 0 spiro atoms. The molecule has 0 unspecified atom stereocenters. The normalized spacial score (nSPS) is 16.3. The number of amides is 8. The summed E-state index contributed by atoms with van der Waals surface area (Å²) >= 11 is 0. The van der Waals surface area contributed by atoms with Crippen molar-refractivity contribution in [1.82, 2.24) is 36.8 Å². The summed E-state index contributed by atoms with van der Waals surface area (Å²) < 4.78 is 0. The van der Waals surface area contributed by atoms with Gasteiger partial charge in [0, 0.05) is 19.6 Å². The van der Waals surface area contributed by atoms with Crippen molar-refractivity contribution in [2.24, 2.45) is 44.4 Å². The molecule has 332 valence electrons. The summed E-state index contributed by atoms with van der Waals surface area (Å²) in [6, 6.07) is -8.47. The number of rotatable bonds is 26. The van der Waals surface area contributed by atoms with Crippen LogP contribution in [0.4, 0.5) is 0 Å². The lowest BCUT2D eigenvalue weighted by Crippen LogP contribution is -2.60. The molecule has 0 saturated carbocycles. The molecule has 1 fully saturated rings. The predicted molar refractivity (Wildman–Crippen MR) is 206 cm³/mol. The number of nitrogens with zero attached hydrogens (tertiary/aromatic N) is 3. The molecule has 0 bridgehead atoms. The summed E-state index contributed by atoms with van der Waals surface area (Å²) in [6.07, 6.45) is -1.39. The number of guanidine groups is 2. The van der Waals surface area contributed by atoms with Crippen molar-refractivity contribution < 1.29 is 58.5 Å². The number of nitrogens with one attached hydrogen (secondary N) is 6. The Balaban J connectivity index is 2.95. The van der Waals surface area contributed by atoms with Crippen molar-refractivity contribution >= 4 is 65.1 Å². The fourth-order valence-electron chi connectivity index (χ4n) is 5.51. The fourth-order valence-corrected chi connectivity index (χ4v) is 5.51. The molecule has 0 aliphatic carbocycles. The molecule has 7 atom stereocenters. The molecule has 1 aliphatic heterocycles. The third kappa shape index (κ3) is 19.1. The van der Waals surface area contributed by atoms with Gasteiger partial charge in [-0.2, -0.15) is 0 Å². The van der Waals surface area contributed by atoms with Crippen molar-refractivity contribution in [3.63, 3.8) is 0 Å². The minimum absolute atomic E-state index is 0.0158. The molecule has 0 aromatic carbocycles. The van der Waals surface area contributed by atoms with Gasteiger partial charge in [-0.05, 0) is 45.4 Å². The molecule has 1 aliphatic rings. The molecule has 0 aromatic rings. The van der Waals surface area contributed by atoms with Crippen LogP contribution >= 0.6 is 0 Å². The second-order valence-corrected chi connectivity index (χ2v) is 13.3. The number of primary amides is 1. The molecule has 1 saturated heterocycles. The number of aliphatic imine (C=N–C) groups is 2. The number of nitrogens with two attached hydrogens (primary N) is 6. The van der Waals surface area contributed by atoms with Gasteiger partial charge in [0.2, 0.25) is 47.3 Å².